The lowest BCUT2D eigenvalue weighted by Gasteiger charge is -2.06. The molecule has 0 heterocycles. The van der Waals surface area contributed by atoms with Crippen LogP contribution in [0.25, 0.3) is 0 Å². The van der Waals surface area contributed by atoms with Crippen molar-refractivity contribution in [1.82, 2.24) is 5.32 Å². The molecular formula is C12H25NO3. The molecule has 0 aromatic rings. The van der Waals surface area contributed by atoms with Gasteiger partial charge in [0, 0.05) is 13.2 Å². The fourth-order valence-corrected chi connectivity index (χ4v) is 1.06. The first-order chi connectivity index (χ1) is 7.81. The summed E-state index contributed by atoms with van der Waals surface area (Å²) in [6.45, 7) is 7.17. The largest absolute Gasteiger partial charge is 0.465 e. The van der Waals surface area contributed by atoms with E-state index in [0.29, 0.717) is 19.8 Å². The van der Waals surface area contributed by atoms with Gasteiger partial charge < -0.3 is 14.8 Å². The first-order valence-electron chi connectivity index (χ1n) is 6.25. The van der Waals surface area contributed by atoms with Crippen LogP contribution in [0.3, 0.4) is 0 Å². The van der Waals surface area contributed by atoms with E-state index >= 15 is 0 Å². The summed E-state index contributed by atoms with van der Waals surface area (Å²) in [6, 6.07) is 0. The van der Waals surface area contributed by atoms with Crippen molar-refractivity contribution >= 4 is 5.97 Å². The van der Waals surface area contributed by atoms with E-state index in [1.807, 2.05) is 0 Å². The fourth-order valence-electron chi connectivity index (χ4n) is 1.06. The summed E-state index contributed by atoms with van der Waals surface area (Å²) in [5, 5.41) is 2.99. The third-order valence-electron chi connectivity index (χ3n) is 2.10. The van der Waals surface area contributed by atoms with Crippen LogP contribution in [0.2, 0.25) is 0 Å². The van der Waals surface area contributed by atoms with Gasteiger partial charge in [0.2, 0.25) is 0 Å². The van der Waals surface area contributed by atoms with Gasteiger partial charge in [-0.25, -0.2) is 0 Å². The molecule has 0 aliphatic carbocycles. The van der Waals surface area contributed by atoms with Gasteiger partial charge in [-0.1, -0.05) is 26.7 Å². The van der Waals surface area contributed by atoms with Crippen LogP contribution >= 0.6 is 0 Å². The van der Waals surface area contributed by atoms with E-state index in [2.05, 4.69) is 19.2 Å². The molecule has 4 nitrogen and oxygen atoms in total. The summed E-state index contributed by atoms with van der Waals surface area (Å²) in [5.41, 5.74) is 0. The van der Waals surface area contributed by atoms with E-state index in [1.54, 1.807) is 0 Å². The first kappa shape index (κ1) is 15.4. The van der Waals surface area contributed by atoms with Crippen molar-refractivity contribution in [2.24, 2.45) is 0 Å². The van der Waals surface area contributed by atoms with Crippen LogP contribution in [0.4, 0.5) is 0 Å². The van der Waals surface area contributed by atoms with Crippen molar-refractivity contribution in [3.05, 3.63) is 0 Å². The van der Waals surface area contributed by atoms with E-state index in [-0.39, 0.29) is 12.5 Å². The molecule has 0 radical (unpaired) electrons. The number of esters is 1. The van der Waals surface area contributed by atoms with Crippen molar-refractivity contribution in [1.29, 1.82) is 0 Å². The molecule has 0 aliphatic rings. The molecule has 96 valence electrons. The van der Waals surface area contributed by atoms with E-state index in [1.165, 1.54) is 0 Å². The second-order valence-corrected chi connectivity index (χ2v) is 3.72. The van der Waals surface area contributed by atoms with Gasteiger partial charge in [0.25, 0.3) is 0 Å². The van der Waals surface area contributed by atoms with Crippen LogP contribution in [0.5, 0.6) is 0 Å². The summed E-state index contributed by atoms with van der Waals surface area (Å²) < 4.78 is 10.3. The number of hydrogen-bond donors (Lipinski definition) is 1. The molecule has 16 heavy (non-hydrogen) atoms. The highest BCUT2D eigenvalue weighted by Crippen LogP contribution is 1.88. The van der Waals surface area contributed by atoms with Gasteiger partial charge in [-0.05, 0) is 12.8 Å². The van der Waals surface area contributed by atoms with Gasteiger partial charge in [-0.15, -0.1) is 0 Å². The van der Waals surface area contributed by atoms with Crippen molar-refractivity contribution in [3.63, 3.8) is 0 Å². The van der Waals surface area contributed by atoms with Crippen LogP contribution in [0, 0.1) is 0 Å². The molecule has 0 saturated carbocycles. The van der Waals surface area contributed by atoms with Crippen molar-refractivity contribution in [2.45, 2.75) is 39.5 Å². The number of hydrogen-bond acceptors (Lipinski definition) is 4. The molecular weight excluding hydrogens is 206 g/mol. The first-order valence-corrected chi connectivity index (χ1v) is 6.25. The van der Waals surface area contributed by atoms with Crippen LogP contribution < -0.4 is 5.32 Å². The van der Waals surface area contributed by atoms with E-state index in [4.69, 9.17) is 9.47 Å². The molecule has 0 bridgehead atoms. The van der Waals surface area contributed by atoms with E-state index in [0.717, 1.165) is 32.3 Å². The molecule has 0 rings (SSSR count). The molecule has 0 aromatic carbocycles. The third kappa shape index (κ3) is 11.5. The Morgan fingerprint density at radius 1 is 1.06 bits per heavy atom. The van der Waals surface area contributed by atoms with Crippen LogP contribution in [-0.4, -0.2) is 38.9 Å². The molecule has 0 aromatic heterocycles. The predicted octanol–water partition coefficient (Wildman–Crippen LogP) is 1.74. The lowest BCUT2D eigenvalue weighted by atomic mass is 10.4. The van der Waals surface area contributed by atoms with Crippen LogP contribution in [0.15, 0.2) is 0 Å². The molecule has 0 amide bonds. The minimum Gasteiger partial charge on any atom is -0.465 e. The second-order valence-electron chi connectivity index (χ2n) is 3.72. The van der Waals surface area contributed by atoms with Gasteiger partial charge in [0.05, 0.1) is 19.8 Å². The van der Waals surface area contributed by atoms with Gasteiger partial charge in [0.1, 0.15) is 0 Å². The van der Waals surface area contributed by atoms with Gasteiger partial charge in [0.15, 0.2) is 0 Å². The molecule has 0 atom stereocenters. The molecule has 0 saturated heterocycles. The molecule has 0 aliphatic heterocycles. The van der Waals surface area contributed by atoms with Gasteiger partial charge >= 0.3 is 5.97 Å². The average molecular weight is 231 g/mol. The summed E-state index contributed by atoms with van der Waals surface area (Å²) in [4.78, 5) is 11.1. The quantitative estimate of drug-likeness (QED) is 0.434. The Hall–Kier alpha value is -0.610. The number of unbranched alkanes of at least 4 members (excludes halogenated alkanes) is 2. The van der Waals surface area contributed by atoms with E-state index in [9.17, 15) is 4.79 Å². The van der Waals surface area contributed by atoms with Crippen LogP contribution in [-0.2, 0) is 14.3 Å². The zero-order chi connectivity index (χ0) is 12.1. The minimum atomic E-state index is -0.179. The average Bonchev–Trinajstić information content (AvgIpc) is 2.28. The number of rotatable bonds is 11. The highest BCUT2D eigenvalue weighted by molar-refractivity contribution is 5.71. The second kappa shape index (κ2) is 12.5. The highest BCUT2D eigenvalue weighted by atomic mass is 16.5. The summed E-state index contributed by atoms with van der Waals surface area (Å²) in [5.74, 6) is -0.179. The fraction of sp³-hybridized carbons (Fsp3) is 0.917. The number of carbonyl (C=O) groups excluding carboxylic acids is 1. The lowest BCUT2D eigenvalue weighted by molar-refractivity contribution is -0.142. The molecule has 0 unspecified atom stereocenters. The van der Waals surface area contributed by atoms with Gasteiger partial charge in [-0.2, -0.15) is 0 Å². The maximum atomic E-state index is 11.1. The Labute approximate surface area is 98.7 Å². The Morgan fingerprint density at radius 3 is 2.44 bits per heavy atom. The molecule has 0 spiro atoms. The molecule has 4 heteroatoms. The highest BCUT2D eigenvalue weighted by Gasteiger charge is 2.00. The van der Waals surface area contributed by atoms with Crippen molar-refractivity contribution in [2.75, 3.05) is 32.9 Å². The van der Waals surface area contributed by atoms with Gasteiger partial charge in [-0.3, -0.25) is 4.79 Å². The molecule has 1 N–H and O–H groups in total. The summed E-state index contributed by atoms with van der Waals surface area (Å²) >= 11 is 0. The maximum absolute atomic E-state index is 11.1. The number of ether oxygens (including phenoxy) is 2. The zero-order valence-electron chi connectivity index (χ0n) is 10.6. The Morgan fingerprint density at radius 2 is 1.75 bits per heavy atom. The summed E-state index contributed by atoms with van der Waals surface area (Å²) in [6.07, 6.45) is 4.23. The third-order valence-corrected chi connectivity index (χ3v) is 2.10. The normalized spacial score (nSPS) is 10.4. The maximum Gasteiger partial charge on any atom is 0.319 e. The minimum absolute atomic E-state index is 0.179. The Kier molecular flexibility index (Phi) is 12.0. The number of nitrogens with one attached hydrogen (secondary N) is 1. The van der Waals surface area contributed by atoms with Crippen molar-refractivity contribution in [3.8, 4) is 0 Å². The monoisotopic (exact) mass is 231 g/mol. The molecule has 0 fully saturated rings. The van der Waals surface area contributed by atoms with Crippen molar-refractivity contribution < 1.29 is 14.3 Å². The predicted molar refractivity (Wildman–Crippen MR) is 64.5 cm³/mol. The lowest BCUT2D eigenvalue weighted by Crippen LogP contribution is -2.28. The van der Waals surface area contributed by atoms with Crippen LogP contribution in [0.1, 0.15) is 39.5 Å². The smallest absolute Gasteiger partial charge is 0.319 e. The Balaban J connectivity index is 3.09. The summed E-state index contributed by atoms with van der Waals surface area (Å²) in [7, 11) is 0. The topological polar surface area (TPSA) is 47.6 Å². The Bertz CT molecular complexity index is 162. The zero-order valence-corrected chi connectivity index (χ0v) is 10.6. The number of carbonyl (C=O) groups is 1. The van der Waals surface area contributed by atoms with E-state index < -0.39 is 0 Å². The standard InChI is InChI=1S/C12H25NO3/c1-3-5-8-15-10-7-13-11-12(14)16-9-6-4-2/h13H,3-11H2,1-2H3. The SMILES string of the molecule is CCCCOCCNCC(=O)OCCCC.